The second-order valence-corrected chi connectivity index (χ2v) is 7.82. The molecule has 0 saturated heterocycles. The molecular formula is C16H21NS2. The maximum Gasteiger partial charge on any atom is 0.0765 e. The molecule has 0 radical (unpaired) electrons. The van der Waals surface area contributed by atoms with Gasteiger partial charge in [0.05, 0.1) is 6.04 Å². The molecule has 0 aromatic carbocycles. The Hall–Kier alpha value is -0.640. The van der Waals surface area contributed by atoms with Crippen LogP contribution in [0.3, 0.4) is 0 Å². The molecule has 3 rings (SSSR count). The zero-order chi connectivity index (χ0) is 13.1. The zero-order valence-corrected chi connectivity index (χ0v) is 13.0. The van der Waals surface area contributed by atoms with Crippen LogP contribution in [0.4, 0.5) is 0 Å². The SMILES string of the molecule is CC1(CNC(c2cccs2)c2cccs2)CCCC1. The lowest BCUT2D eigenvalue weighted by molar-refractivity contribution is 0.307. The van der Waals surface area contributed by atoms with Crippen molar-refractivity contribution in [3.63, 3.8) is 0 Å². The van der Waals surface area contributed by atoms with Gasteiger partial charge in [-0.05, 0) is 41.1 Å². The maximum absolute atomic E-state index is 3.83. The summed E-state index contributed by atoms with van der Waals surface area (Å²) in [4.78, 5) is 2.87. The van der Waals surface area contributed by atoms with Gasteiger partial charge in [-0.2, -0.15) is 0 Å². The summed E-state index contributed by atoms with van der Waals surface area (Å²) in [5, 5.41) is 8.18. The van der Waals surface area contributed by atoms with Gasteiger partial charge >= 0.3 is 0 Å². The van der Waals surface area contributed by atoms with E-state index in [2.05, 4.69) is 47.3 Å². The molecule has 2 aromatic rings. The van der Waals surface area contributed by atoms with E-state index in [9.17, 15) is 0 Å². The normalized spacial score (nSPS) is 18.2. The van der Waals surface area contributed by atoms with Gasteiger partial charge in [-0.25, -0.2) is 0 Å². The molecular weight excluding hydrogens is 270 g/mol. The van der Waals surface area contributed by atoms with E-state index in [0.717, 1.165) is 6.54 Å². The van der Waals surface area contributed by atoms with E-state index in [1.807, 2.05) is 22.7 Å². The van der Waals surface area contributed by atoms with Crippen molar-refractivity contribution in [1.82, 2.24) is 5.32 Å². The summed E-state index contributed by atoms with van der Waals surface area (Å²) in [5.41, 5.74) is 0.507. The third-order valence-electron chi connectivity index (χ3n) is 4.20. The lowest BCUT2D eigenvalue weighted by Gasteiger charge is -2.27. The zero-order valence-electron chi connectivity index (χ0n) is 11.4. The molecule has 2 heterocycles. The highest BCUT2D eigenvalue weighted by molar-refractivity contribution is 7.11. The minimum atomic E-state index is 0.387. The highest BCUT2D eigenvalue weighted by Crippen LogP contribution is 2.38. The van der Waals surface area contributed by atoms with Crippen LogP contribution in [-0.4, -0.2) is 6.54 Å². The Kier molecular flexibility index (Phi) is 4.06. The Balaban J connectivity index is 1.73. The maximum atomic E-state index is 3.83. The van der Waals surface area contributed by atoms with Gasteiger partial charge < -0.3 is 5.32 Å². The van der Waals surface area contributed by atoms with Gasteiger partial charge in [0, 0.05) is 16.3 Å². The van der Waals surface area contributed by atoms with E-state index in [1.165, 1.54) is 35.4 Å². The van der Waals surface area contributed by atoms with Crippen LogP contribution in [-0.2, 0) is 0 Å². The minimum Gasteiger partial charge on any atom is -0.304 e. The van der Waals surface area contributed by atoms with Gasteiger partial charge in [-0.15, -0.1) is 22.7 Å². The molecule has 1 aliphatic rings. The molecule has 1 fully saturated rings. The van der Waals surface area contributed by atoms with Crippen LogP contribution < -0.4 is 5.32 Å². The van der Waals surface area contributed by atoms with Gasteiger partial charge in [0.25, 0.3) is 0 Å². The largest absolute Gasteiger partial charge is 0.304 e. The molecule has 0 unspecified atom stereocenters. The Morgan fingerprint density at radius 3 is 2.16 bits per heavy atom. The predicted octanol–water partition coefficient (Wildman–Crippen LogP) is 5.07. The lowest BCUT2D eigenvalue weighted by atomic mass is 9.88. The molecule has 1 aliphatic carbocycles. The summed E-state index contributed by atoms with van der Waals surface area (Å²) < 4.78 is 0. The summed E-state index contributed by atoms with van der Waals surface area (Å²) in [6.07, 6.45) is 5.56. The van der Waals surface area contributed by atoms with Gasteiger partial charge in [-0.1, -0.05) is 31.9 Å². The van der Waals surface area contributed by atoms with Crippen LogP contribution in [0.1, 0.15) is 48.4 Å². The fraction of sp³-hybridized carbons (Fsp3) is 0.500. The van der Waals surface area contributed by atoms with E-state index in [1.54, 1.807) is 0 Å². The summed E-state index contributed by atoms with van der Waals surface area (Å²) in [7, 11) is 0. The van der Waals surface area contributed by atoms with E-state index in [0.29, 0.717) is 11.5 Å². The van der Waals surface area contributed by atoms with Crippen molar-refractivity contribution in [2.45, 2.75) is 38.6 Å². The quantitative estimate of drug-likeness (QED) is 0.811. The highest BCUT2D eigenvalue weighted by atomic mass is 32.1. The number of hydrogen-bond donors (Lipinski definition) is 1. The van der Waals surface area contributed by atoms with Gasteiger partial charge in [-0.3, -0.25) is 0 Å². The summed E-state index contributed by atoms with van der Waals surface area (Å²) >= 11 is 3.71. The first-order chi connectivity index (χ1) is 9.27. The van der Waals surface area contributed by atoms with Crippen molar-refractivity contribution in [3.05, 3.63) is 44.8 Å². The Morgan fingerprint density at radius 2 is 1.68 bits per heavy atom. The fourth-order valence-corrected chi connectivity index (χ4v) is 4.72. The number of thiophene rings is 2. The smallest absolute Gasteiger partial charge is 0.0765 e. The topological polar surface area (TPSA) is 12.0 Å². The van der Waals surface area contributed by atoms with Crippen LogP contribution >= 0.6 is 22.7 Å². The Morgan fingerprint density at radius 1 is 1.11 bits per heavy atom. The van der Waals surface area contributed by atoms with E-state index in [4.69, 9.17) is 0 Å². The van der Waals surface area contributed by atoms with Crippen molar-refractivity contribution in [1.29, 1.82) is 0 Å². The van der Waals surface area contributed by atoms with Gasteiger partial charge in [0.2, 0.25) is 0 Å². The molecule has 2 aromatic heterocycles. The van der Waals surface area contributed by atoms with Crippen LogP contribution in [0.2, 0.25) is 0 Å². The molecule has 0 spiro atoms. The number of hydrogen-bond acceptors (Lipinski definition) is 3. The van der Waals surface area contributed by atoms with Crippen molar-refractivity contribution in [2.24, 2.45) is 5.41 Å². The second kappa shape index (κ2) is 5.78. The summed E-state index contributed by atoms with van der Waals surface area (Å²) in [5.74, 6) is 0. The van der Waals surface area contributed by atoms with Crippen LogP contribution in [0.25, 0.3) is 0 Å². The van der Waals surface area contributed by atoms with Crippen molar-refractivity contribution < 1.29 is 0 Å². The molecule has 1 nitrogen and oxygen atoms in total. The van der Waals surface area contributed by atoms with E-state index in [-0.39, 0.29) is 0 Å². The Bertz CT molecular complexity index is 447. The van der Waals surface area contributed by atoms with Gasteiger partial charge in [0.1, 0.15) is 0 Å². The monoisotopic (exact) mass is 291 g/mol. The van der Waals surface area contributed by atoms with E-state index >= 15 is 0 Å². The van der Waals surface area contributed by atoms with Crippen molar-refractivity contribution in [3.8, 4) is 0 Å². The molecule has 0 bridgehead atoms. The molecule has 19 heavy (non-hydrogen) atoms. The second-order valence-electron chi connectivity index (χ2n) is 5.86. The van der Waals surface area contributed by atoms with E-state index < -0.39 is 0 Å². The standard InChI is InChI=1S/C16H21NS2/c1-16(8-2-3-9-16)12-17-15(13-6-4-10-18-13)14-7-5-11-19-14/h4-7,10-11,15,17H,2-3,8-9,12H2,1H3. The first kappa shape index (κ1) is 13.3. The highest BCUT2D eigenvalue weighted by Gasteiger charge is 2.29. The predicted molar refractivity (Wildman–Crippen MR) is 85.1 cm³/mol. The lowest BCUT2D eigenvalue weighted by Crippen LogP contribution is -2.32. The number of rotatable bonds is 5. The molecule has 1 saturated carbocycles. The number of nitrogens with one attached hydrogen (secondary N) is 1. The third kappa shape index (κ3) is 3.10. The summed E-state index contributed by atoms with van der Waals surface area (Å²) in [6, 6.07) is 9.19. The van der Waals surface area contributed by atoms with Crippen LogP contribution in [0.5, 0.6) is 0 Å². The fourth-order valence-electron chi connectivity index (χ4n) is 3.01. The molecule has 1 N–H and O–H groups in total. The average Bonchev–Trinajstić information content (AvgIpc) is 3.11. The summed E-state index contributed by atoms with van der Waals surface area (Å²) in [6.45, 7) is 3.57. The van der Waals surface area contributed by atoms with Crippen molar-refractivity contribution in [2.75, 3.05) is 6.54 Å². The molecule has 0 amide bonds. The first-order valence-corrected chi connectivity index (χ1v) is 8.83. The van der Waals surface area contributed by atoms with Crippen molar-refractivity contribution >= 4 is 22.7 Å². The molecule has 3 heteroatoms. The van der Waals surface area contributed by atoms with Crippen LogP contribution in [0.15, 0.2) is 35.0 Å². The van der Waals surface area contributed by atoms with Gasteiger partial charge in [0.15, 0.2) is 0 Å². The third-order valence-corrected chi connectivity index (χ3v) is 6.07. The molecule has 0 aliphatic heterocycles. The average molecular weight is 291 g/mol. The van der Waals surface area contributed by atoms with Crippen LogP contribution in [0, 0.1) is 5.41 Å². The minimum absolute atomic E-state index is 0.387. The first-order valence-electron chi connectivity index (χ1n) is 7.07. The Labute approximate surface area is 123 Å². The molecule has 102 valence electrons. The molecule has 0 atom stereocenters.